The van der Waals surface area contributed by atoms with E-state index in [0.717, 1.165) is 16.9 Å². The Morgan fingerprint density at radius 3 is 2.41 bits per heavy atom. The van der Waals surface area contributed by atoms with Gasteiger partial charge in [0.15, 0.2) is 0 Å². The molecule has 1 aliphatic rings. The van der Waals surface area contributed by atoms with Crippen molar-refractivity contribution in [1.29, 1.82) is 0 Å². The Kier molecular flexibility index (Phi) is 6.59. The minimum absolute atomic E-state index is 0.114. The molecule has 1 fully saturated rings. The van der Waals surface area contributed by atoms with Crippen molar-refractivity contribution in [2.45, 2.75) is 37.6 Å². The smallest absolute Gasteiger partial charge is 0.243 e. The van der Waals surface area contributed by atoms with Gasteiger partial charge in [0, 0.05) is 13.1 Å². The van der Waals surface area contributed by atoms with Crippen LogP contribution in [0.15, 0.2) is 53.4 Å². The molecule has 2 aromatic rings. The van der Waals surface area contributed by atoms with E-state index in [9.17, 15) is 13.2 Å². The van der Waals surface area contributed by atoms with E-state index in [0.29, 0.717) is 19.4 Å². The predicted molar refractivity (Wildman–Crippen MR) is 112 cm³/mol. The third-order valence-electron chi connectivity index (χ3n) is 5.39. The first-order valence-corrected chi connectivity index (χ1v) is 11.3. The van der Waals surface area contributed by atoms with E-state index in [4.69, 9.17) is 4.74 Å². The van der Waals surface area contributed by atoms with Gasteiger partial charge in [0.2, 0.25) is 15.9 Å². The van der Waals surface area contributed by atoms with Crippen molar-refractivity contribution in [2.24, 2.45) is 5.92 Å². The maximum atomic E-state index is 13.0. The van der Waals surface area contributed by atoms with Gasteiger partial charge in [-0.15, -0.1) is 0 Å². The monoisotopic (exact) mass is 416 g/mol. The number of nitrogens with one attached hydrogen (secondary N) is 1. The summed E-state index contributed by atoms with van der Waals surface area (Å²) >= 11 is 0. The van der Waals surface area contributed by atoms with Gasteiger partial charge in [0.05, 0.1) is 24.0 Å². The fourth-order valence-electron chi connectivity index (χ4n) is 3.54. The number of carbonyl (C=O) groups is 1. The van der Waals surface area contributed by atoms with Crippen LogP contribution in [-0.2, 0) is 14.8 Å². The highest BCUT2D eigenvalue weighted by molar-refractivity contribution is 7.89. The number of sulfonamides is 1. The number of benzene rings is 2. The molecular formula is C22H28N2O4S. The molecule has 156 valence electrons. The number of methoxy groups -OCH3 is 1. The minimum Gasteiger partial charge on any atom is -0.497 e. The van der Waals surface area contributed by atoms with Crippen molar-refractivity contribution in [2.75, 3.05) is 20.2 Å². The number of hydrogen-bond acceptors (Lipinski definition) is 4. The quantitative estimate of drug-likeness (QED) is 0.784. The molecule has 0 aliphatic carbocycles. The standard InChI is InChI=1S/C22H28N2O4S/c1-16-6-12-21(13-7-16)29(26,27)24-14-4-5-19(15-24)22(25)23-17(2)18-8-10-20(28-3)11-9-18/h6-13,17,19H,4-5,14-15H2,1-3H3,(H,23,25)/t17-,19-/m1/s1. The zero-order chi connectivity index (χ0) is 21.0. The molecule has 0 unspecified atom stereocenters. The SMILES string of the molecule is COc1ccc([C@@H](C)NC(=O)[C@@H]2CCCN(S(=O)(=O)c3ccc(C)cc3)C2)cc1. The highest BCUT2D eigenvalue weighted by Gasteiger charge is 2.33. The zero-order valence-electron chi connectivity index (χ0n) is 17.1. The number of piperidine rings is 1. The van der Waals surface area contributed by atoms with E-state index in [1.165, 1.54) is 4.31 Å². The van der Waals surface area contributed by atoms with Crippen molar-refractivity contribution < 1.29 is 17.9 Å². The highest BCUT2D eigenvalue weighted by atomic mass is 32.2. The minimum atomic E-state index is -3.59. The number of amides is 1. The van der Waals surface area contributed by atoms with E-state index in [1.54, 1.807) is 31.4 Å². The average Bonchev–Trinajstić information content (AvgIpc) is 2.74. The lowest BCUT2D eigenvalue weighted by molar-refractivity contribution is -0.126. The van der Waals surface area contributed by atoms with Gasteiger partial charge in [0.1, 0.15) is 5.75 Å². The molecule has 0 saturated carbocycles. The molecule has 29 heavy (non-hydrogen) atoms. The number of carbonyl (C=O) groups excluding carboxylic acids is 1. The molecule has 1 aliphatic heterocycles. The van der Waals surface area contributed by atoms with Crippen LogP contribution in [0.5, 0.6) is 5.75 Å². The van der Waals surface area contributed by atoms with Crippen LogP contribution < -0.4 is 10.1 Å². The lowest BCUT2D eigenvalue weighted by Gasteiger charge is -2.32. The molecule has 2 atom stereocenters. The van der Waals surface area contributed by atoms with Crippen LogP contribution in [0.2, 0.25) is 0 Å². The van der Waals surface area contributed by atoms with Crippen molar-refractivity contribution in [3.8, 4) is 5.75 Å². The molecule has 2 aromatic carbocycles. The lowest BCUT2D eigenvalue weighted by atomic mass is 9.98. The Bertz CT molecular complexity index is 940. The molecular weight excluding hydrogens is 388 g/mol. The van der Waals surface area contributed by atoms with E-state index >= 15 is 0 Å². The molecule has 0 aromatic heterocycles. The van der Waals surface area contributed by atoms with Crippen molar-refractivity contribution in [3.63, 3.8) is 0 Å². The topological polar surface area (TPSA) is 75.7 Å². The molecule has 7 heteroatoms. The molecule has 0 bridgehead atoms. The van der Waals surface area contributed by atoms with Gasteiger partial charge in [-0.25, -0.2) is 8.42 Å². The second-order valence-electron chi connectivity index (χ2n) is 7.52. The summed E-state index contributed by atoms with van der Waals surface area (Å²) < 4.78 is 32.5. The third kappa shape index (κ3) is 4.97. The van der Waals surface area contributed by atoms with E-state index in [2.05, 4.69) is 5.32 Å². The van der Waals surface area contributed by atoms with E-state index < -0.39 is 10.0 Å². The summed E-state index contributed by atoms with van der Waals surface area (Å²) in [5, 5.41) is 3.02. The van der Waals surface area contributed by atoms with Gasteiger partial charge >= 0.3 is 0 Å². The Morgan fingerprint density at radius 1 is 1.14 bits per heavy atom. The predicted octanol–water partition coefficient (Wildman–Crippen LogP) is 3.28. The summed E-state index contributed by atoms with van der Waals surface area (Å²) in [6.07, 6.45) is 1.35. The number of nitrogens with zero attached hydrogens (tertiary/aromatic N) is 1. The van der Waals surface area contributed by atoms with E-state index in [-0.39, 0.29) is 29.3 Å². The van der Waals surface area contributed by atoms with Gasteiger partial charge in [-0.05, 0) is 56.5 Å². The maximum absolute atomic E-state index is 13.0. The van der Waals surface area contributed by atoms with Crippen LogP contribution in [0.4, 0.5) is 0 Å². The van der Waals surface area contributed by atoms with Crippen LogP contribution in [0, 0.1) is 12.8 Å². The van der Waals surface area contributed by atoms with Crippen molar-refractivity contribution in [1.82, 2.24) is 9.62 Å². The molecule has 0 spiro atoms. The number of hydrogen-bond donors (Lipinski definition) is 1. The summed E-state index contributed by atoms with van der Waals surface area (Å²) in [6.45, 7) is 4.48. The first-order chi connectivity index (χ1) is 13.8. The lowest BCUT2D eigenvalue weighted by Crippen LogP contribution is -2.45. The van der Waals surface area contributed by atoms with Crippen LogP contribution in [0.1, 0.15) is 36.9 Å². The van der Waals surface area contributed by atoms with Crippen molar-refractivity contribution >= 4 is 15.9 Å². The Labute approximate surface area is 172 Å². The second kappa shape index (κ2) is 8.97. The Morgan fingerprint density at radius 2 is 1.79 bits per heavy atom. The second-order valence-corrected chi connectivity index (χ2v) is 9.46. The first kappa shape index (κ1) is 21.3. The molecule has 0 radical (unpaired) electrons. The Hall–Kier alpha value is -2.38. The largest absolute Gasteiger partial charge is 0.497 e. The van der Waals surface area contributed by atoms with Gasteiger partial charge in [-0.2, -0.15) is 4.31 Å². The van der Waals surface area contributed by atoms with Crippen LogP contribution in [0.3, 0.4) is 0 Å². The summed E-state index contributed by atoms with van der Waals surface area (Å²) in [7, 11) is -1.98. The van der Waals surface area contributed by atoms with Crippen LogP contribution >= 0.6 is 0 Å². The molecule has 1 amide bonds. The number of aryl methyl sites for hydroxylation is 1. The zero-order valence-corrected chi connectivity index (χ0v) is 17.9. The van der Waals surface area contributed by atoms with Gasteiger partial charge in [0.25, 0.3) is 0 Å². The maximum Gasteiger partial charge on any atom is 0.243 e. The molecule has 1 heterocycles. The normalized spacial score (nSPS) is 18.8. The van der Waals surface area contributed by atoms with Crippen LogP contribution in [0.25, 0.3) is 0 Å². The fourth-order valence-corrected chi connectivity index (χ4v) is 5.07. The van der Waals surface area contributed by atoms with Gasteiger partial charge in [-0.1, -0.05) is 29.8 Å². The highest BCUT2D eigenvalue weighted by Crippen LogP contribution is 2.25. The summed E-state index contributed by atoms with van der Waals surface area (Å²) in [5.74, 6) is 0.290. The van der Waals surface area contributed by atoms with Gasteiger partial charge in [-0.3, -0.25) is 4.79 Å². The third-order valence-corrected chi connectivity index (χ3v) is 7.27. The fraction of sp³-hybridized carbons (Fsp3) is 0.409. The molecule has 3 rings (SSSR count). The number of ether oxygens (including phenoxy) is 1. The average molecular weight is 417 g/mol. The molecule has 1 saturated heterocycles. The molecule has 1 N–H and O–H groups in total. The number of rotatable bonds is 6. The summed E-state index contributed by atoms with van der Waals surface area (Å²) in [6, 6.07) is 14.2. The summed E-state index contributed by atoms with van der Waals surface area (Å²) in [4.78, 5) is 13.1. The summed E-state index contributed by atoms with van der Waals surface area (Å²) in [5.41, 5.74) is 1.98. The van der Waals surface area contributed by atoms with Crippen molar-refractivity contribution in [3.05, 3.63) is 59.7 Å². The van der Waals surface area contributed by atoms with Crippen LogP contribution in [-0.4, -0.2) is 38.8 Å². The Balaban J connectivity index is 1.66. The first-order valence-electron chi connectivity index (χ1n) is 9.82. The van der Waals surface area contributed by atoms with E-state index in [1.807, 2.05) is 38.1 Å². The van der Waals surface area contributed by atoms with Gasteiger partial charge < -0.3 is 10.1 Å². The molecule has 6 nitrogen and oxygen atoms in total.